The summed E-state index contributed by atoms with van der Waals surface area (Å²) >= 11 is 0. The highest BCUT2D eigenvalue weighted by atomic mass is 19.1. The lowest BCUT2D eigenvalue weighted by atomic mass is 9.96. The molecule has 6 nitrogen and oxygen atoms in total. The fourth-order valence-electron chi connectivity index (χ4n) is 5.74. The summed E-state index contributed by atoms with van der Waals surface area (Å²) in [6, 6.07) is 25.0. The quantitative estimate of drug-likeness (QED) is 0.400. The van der Waals surface area contributed by atoms with Crippen LogP contribution < -0.4 is 4.90 Å². The number of aromatic nitrogens is 2. The van der Waals surface area contributed by atoms with Crippen molar-refractivity contribution >= 4 is 22.6 Å². The Morgan fingerprint density at radius 1 is 0.838 bits per heavy atom. The molecule has 1 aromatic heterocycles. The molecule has 0 unspecified atom stereocenters. The van der Waals surface area contributed by atoms with Gasteiger partial charge in [-0.15, -0.1) is 0 Å². The van der Waals surface area contributed by atoms with Crippen LogP contribution in [0.5, 0.6) is 0 Å². The highest BCUT2D eigenvalue weighted by Gasteiger charge is 2.31. The molecule has 0 saturated carbocycles. The number of hydrogen-bond acceptors (Lipinski definition) is 4. The maximum absolute atomic E-state index is 13.6. The van der Waals surface area contributed by atoms with Crippen molar-refractivity contribution in [2.45, 2.75) is 19.4 Å². The molecule has 0 radical (unpaired) electrons. The molecule has 0 N–H and O–H groups in total. The van der Waals surface area contributed by atoms with Crippen LogP contribution >= 0.6 is 0 Å². The summed E-state index contributed by atoms with van der Waals surface area (Å²) < 4.78 is 15.7. The van der Waals surface area contributed by atoms with Gasteiger partial charge in [0.05, 0.1) is 23.5 Å². The number of likely N-dealkylation sites (tertiary alicyclic amines) is 1. The third-order valence-electron chi connectivity index (χ3n) is 7.65. The summed E-state index contributed by atoms with van der Waals surface area (Å²) in [7, 11) is 0. The van der Waals surface area contributed by atoms with Gasteiger partial charge in [-0.2, -0.15) is 0 Å². The lowest BCUT2D eigenvalue weighted by Gasteiger charge is -2.39. The largest absolute Gasteiger partial charge is 0.368 e. The van der Waals surface area contributed by atoms with Crippen LogP contribution in [0.2, 0.25) is 0 Å². The van der Waals surface area contributed by atoms with Crippen LogP contribution in [-0.4, -0.2) is 64.5 Å². The smallest absolute Gasteiger partial charge is 0.227 e. The van der Waals surface area contributed by atoms with Crippen molar-refractivity contribution in [3.05, 3.63) is 90.5 Å². The van der Waals surface area contributed by atoms with Crippen molar-refractivity contribution in [2.24, 2.45) is 5.92 Å². The molecule has 2 aliphatic heterocycles. The van der Waals surface area contributed by atoms with Crippen molar-refractivity contribution < 1.29 is 9.18 Å². The van der Waals surface area contributed by atoms with Gasteiger partial charge in [-0.05, 0) is 67.9 Å². The number of para-hydroxylation sites is 3. The molecule has 1 amide bonds. The summed E-state index contributed by atoms with van der Waals surface area (Å²) in [5, 5.41) is 0. The molecule has 2 saturated heterocycles. The van der Waals surface area contributed by atoms with Crippen LogP contribution in [0.15, 0.2) is 78.9 Å². The van der Waals surface area contributed by atoms with Gasteiger partial charge in [0.25, 0.3) is 0 Å². The number of nitrogens with zero attached hydrogens (tertiary/aromatic N) is 5. The van der Waals surface area contributed by atoms with E-state index in [0.717, 1.165) is 74.7 Å². The van der Waals surface area contributed by atoms with Gasteiger partial charge in [0.2, 0.25) is 5.91 Å². The monoisotopic (exact) mass is 497 g/mol. The van der Waals surface area contributed by atoms with Crippen molar-refractivity contribution in [3.8, 4) is 5.69 Å². The van der Waals surface area contributed by atoms with E-state index in [1.165, 1.54) is 17.8 Å². The first-order chi connectivity index (χ1) is 18.2. The zero-order valence-electron chi connectivity index (χ0n) is 21.0. The van der Waals surface area contributed by atoms with Crippen molar-refractivity contribution in [1.82, 2.24) is 19.4 Å². The standard InChI is InChI=1S/C30H32FN5O/c31-24-12-14-26(15-13-24)36-28-11-5-4-10-27(28)32-29(36)22-33-16-6-7-23(21-33)30(37)35-19-17-34(18-20-35)25-8-2-1-3-9-25/h1-5,8-15,23H,6-7,16-22H2/t23-/m0/s1. The molecule has 7 heteroatoms. The number of piperazine rings is 1. The molecule has 3 aromatic carbocycles. The zero-order chi connectivity index (χ0) is 25.2. The molecule has 2 fully saturated rings. The van der Waals surface area contributed by atoms with Crippen LogP contribution in [0.1, 0.15) is 18.7 Å². The first-order valence-electron chi connectivity index (χ1n) is 13.2. The van der Waals surface area contributed by atoms with Crippen molar-refractivity contribution in [1.29, 1.82) is 0 Å². The van der Waals surface area contributed by atoms with Gasteiger partial charge in [0.1, 0.15) is 11.6 Å². The number of anilines is 1. The molecule has 0 bridgehead atoms. The third kappa shape index (κ3) is 4.96. The summed E-state index contributed by atoms with van der Waals surface area (Å²) in [6.07, 6.45) is 1.93. The van der Waals surface area contributed by atoms with Gasteiger partial charge in [-0.25, -0.2) is 9.37 Å². The van der Waals surface area contributed by atoms with Crippen LogP contribution in [0, 0.1) is 11.7 Å². The molecule has 4 aromatic rings. The lowest BCUT2D eigenvalue weighted by molar-refractivity contribution is -0.137. The van der Waals surface area contributed by atoms with E-state index in [-0.39, 0.29) is 17.6 Å². The number of hydrogen-bond donors (Lipinski definition) is 0. The SMILES string of the molecule is O=C([C@H]1CCCN(Cc2nc3ccccc3n2-c2ccc(F)cc2)C1)N1CCN(c2ccccc2)CC1. The molecule has 3 heterocycles. The Hall–Kier alpha value is -3.71. The molecule has 190 valence electrons. The number of carbonyl (C=O) groups excluding carboxylic acids is 1. The Morgan fingerprint density at radius 2 is 1.57 bits per heavy atom. The van der Waals surface area contributed by atoms with E-state index in [0.29, 0.717) is 6.54 Å². The average molecular weight is 498 g/mol. The molecule has 0 spiro atoms. The maximum atomic E-state index is 13.6. The fourth-order valence-corrected chi connectivity index (χ4v) is 5.74. The van der Waals surface area contributed by atoms with Gasteiger partial charge in [0, 0.05) is 44.1 Å². The molecule has 0 aliphatic carbocycles. The second-order valence-electron chi connectivity index (χ2n) is 10.1. The van der Waals surface area contributed by atoms with Gasteiger partial charge in [-0.3, -0.25) is 14.3 Å². The summed E-state index contributed by atoms with van der Waals surface area (Å²) in [4.78, 5) is 25.2. The van der Waals surface area contributed by atoms with E-state index in [2.05, 4.69) is 43.5 Å². The van der Waals surface area contributed by atoms with E-state index in [9.17, 15) is 9.18 Å². The molecule has 1 atom stereocenters. The number of carbonyl (C=O) groups is 1. The molecular weight excluding hydrogens is 465 g/mol. The zero-order valence-corrected chi connectivity index (χ0v) is 21.0. The fraction of sp³-hybridized carbons (Fsp3) is 0.333. The summed E-state index contributed by atoms with van der Waals surface area (Å²) in [5.41, 5.74) is 4.04. The second-order valence-corrected chi connectivity index (χ2v) is 10.1. The van der Waals surface area contributed by atoms with Gasteiger partial charge in [-0.1, -0.05) is 30.3 Å². The van der Waals surface area contributed by atoms with E-state index in [1.54, 1.807) is 12.1 Å². The van der Waals surface area contributed by atoms with Crippen LogP contribution in [0.3, 0.4) is 0 Å². The highest BCUT2D eigenvalue weighted by molar-refractivity contribution is 5.80. The Morgan fingerprint density at radius 3 is 2.35 bits per heavy atom. The molecule has 2 aliphatic rings. The molecule has 37 heavy (non-hydrogen) atoms. The van der Waals surface area contributed by atoms with Crippen LogP contribution in [0.25, 0.3) is 16.7 Å². The average Bonchev–Trinajstić information content (AvgIpc) is 3.31. The van der Waals surface area contributed by atoms with E-state index < -0.39 is 0 Å². The topological polar surface area (TPSA) is 44.6 Å². The Bertz CT molecular complexity index is 1360. The van der Waals surface area contributed by atoms with Crippen molar-refractivity contribution in [2.75, 3.05) is 44.2 Å². The number of piperidine rings is 1. The summed E-state index contributed by atoms with van der Waals surface area (Å²) in [6.45, 7) is 5.61. The molecule has 6 rings (SSSR count). The predicted octanol–water partition coefficient (Wildman–Crippen LogP) is 4.73. The van der Waals surface area contributed by atoms with Crippen molar-refractivity contribution in [3.63, 3.8) is 0 Å². The first kappa shape index (κ1) is 23.7. The Balaban J connectivity index is 1.15. The van der Waals surface area contributed by atoms with E-state index in [4.69, 9.17) is 4.98 Å². The van der Waals surface area contributed by atoms with Crippen LogP contribution in [0.4, 0.5) is 10.1 Å². The van der Waals surface area contributed by atoms with Crippen LogP contribution in [-0.2, 0) is 11.3 Å². The molecular formula is C30H32FN5O. The normalized spacial score (nSPS) is 18.9. The highest BCUT2D eigenvalue weighted by Crippen LogP contribution is 2.26. The van der Waals surface area contributed by atoms with Gasteiger partial charge in [0.15, 0.2) is 0 Å². The number of fused-ring (bicyclic) bond motifs is 1. The van der Waals surface area contributed by atoms with Gasteiger partial charge >= 0.3 is 0 Å². The minimum Gasteiger partial charge on any atom is -0.368 e. The van der Waals surface area contributed by atoms with Gasteiger partial charge < -0.3 is 9.80 Å². The third-order valence-corrected chi connectivity index (χ3v) is 7.65. The van der Waals surface area contributed by atoms with E-state index >= 15 is 0 Å². The predicted molar refractivity (Wildman–Crippen MR) is 144 cm³/mol. The lowest BCUT2D eigenvalue weighted by Crippen LogP contribution is -2.52. The summed E-state index contributed by atoms with van der Waals surface area (Å²) in [5.74, 6) is 0.958. The number of amides is 1. The number of halogens is 1. The first-order valence-corrected chi connectivity index (χ1v) is 13.2. The number of benzene rings is 3. The minimum atomic E-state index is -0.253. The Labute approximate surface area is 216 Å². The number of rotatable bonds is 5. The Kier molecular flexibility index (Phi) is 6.62. The maximum Gasteiger partial charge on any atom is 0.227 e. The second kappa shape index (κ2) is 10.3. The minimum absolute atomic E-state index is 0.0145. The number of imidazole rings is 1. The van der Waals surface area contributed by atoms with E-state index in [1.807, 2.05) is 30.3 Å².